The summed E-state index contributed by atoms with van der Waals surface area (Å²) in [5.74, 6) is 0.0153. The summed E-state index contributed by atoms with van der Waals surface area (Å²) >= 11 is 0. The molecule has 1 N–H and O–H groups in total. The second-order valence-electron chi connectivity index (χ2n) is 6.45. The van der Waals surface area contributed by atoms with Gasteiger partial charge in [-0.15, -0.1) is 0 Å². The van der Waals surface area contributed by atoms with Gasteiger partial charge in [-0.05, 0) is 18.1 Å². The molecule has 0 spiro atoms. The summed E-state index contributed by atoms with van der Waals surface area (Å²) in [6.07, 6.45) is -0.139. The first kappa shape index (κ1) is 21.8. The van der Waals surface area contributed by atoms with Crippen LogP contribution in [0.5, 0.6) is 11.8 Å². The molecule has 8 nitrogen and oxygen atoms in total. The Balaban J connectivity index is 1.79. The summed E-state index contributed by atoms with van der Waals surface area (Å²) in [5.41, 5.74) is 1.73. The van der Waals surface area contributed by atoms with Gasteiger partial charge in [-0.3, -0.25) is 0 Å². The Bertz CT molecular complexity index is 948. The van der Waals surface area contributed by atoms with Gasteiger partial charge < -0.3 is 19.4 Å². The number of aromatic nitrogens is 2. The third kappa shape index (κ3) is 6.81. The van der Waals surface area contributed by atoms with E-state index in [1.54, 1.807) is 13.0 Å². The minimum Gasteiger partial charge on any atom is -0.473 e. The van der Waals surface area contributed by atoms with Crippen LogP contribution in [0.2, 0.25) is 0 Å². The van der Waals surface area contributed by atoms with Crippen LogP contribution in [0.4, 0.5) is 0 Å². The van der Waals surface area contributed by atoms with Gasteiger partial charge in [0.1, 0.15) is 19.0 Å². The zero-order chi connectivity index (χ0) is 21.9. The molecule has 0 saturated carbocycles. The Morgan fingerprint density at radius 1 is 0.903 bits per heavy atom. The lowest BCUT2D eigenvalue weighted by molar-refractivity contribution is -0.135. The minimum atomic E-state index is -0.740. The minimum absolute atomic E-state index is 0.139. The van der Waals surface area contributed by atoms with E-state index >= 15 is 0 Å². The van der Waals surface area contributed by atoms with E-state index in [1.807, 2.05) is 60.7 Å². The summed E-state index contributed by atoms with van der Waals surface area (Å²) in [6.45, 7) is 2.42. The average molecular weight is 421 g/mol. The molecule has 160 valence electrons. The highest BCUT2D eigenvalue weighted by atomic mass is 16.5. The van der Waals surface area contributed by atoms with Gasteiger partial charge in [0.25, 0.3) is 0 Å². The van der Waals surface area contributed by atoms with Crippen molar-refractivity contribution in [1.29, 1.82) is 0 Å². The maximum Gasteiger partial charge on any atom is 0.356 e. The third-order valence-corrected chi connectivity index (χ3v) is 4.14. The molecule has 0 aliphatic carbocycles. The molecule has 0 aliphatic heterocycles. The summed E-state index contributed by atoms with van der Waals surface area (Å²) in [5, 5.41) is 12.2. The Kier molecular flexibility index (Phi) is 7.93. The number of nitrogens with zero attached hydrogens (tertiary/aromatic N) is 3. The van der Waals surface area contributed by atoms with E-state index in [-0.39, 0.29) is 36.3 Å². The van der Waals surface area contributed by atoms with Crippen molar-refractivity contribution in [2.24, 2.45) is 5.16 Å². The molecule has 0 atom stereocenters. The molecular weight excluding hydrogens is 398 g/mol. The van der Waals surface area contributed by atoms with Crippen molar-refractivity contribution in [3.8, 4) is 11.8 Å². The van der Waals surface area contributed by atoms with E-state index in [1.165, 1.54) is 0 Å². The van der Waals surface area contributed by atoms with Gasteiger partial charge in [0.05, 0.1) is 19.1 Å². The van der Waals surface area contributed by atoms with Crippen LogP contribution in [0.1, 0.15) is 23.9 Å². The van der Waals surface area contributed by atoms with Crippen LogP contribution in [0.15, 0.2) is 71.9 Å². The van der Waals surface area contributed by atoms with Gasteiger partial charge >= 0.3 is 5.97 Å². The highest BCUT2D eigenvalue weighted by Crippen LogP contribution is 2.19. The molecule has 0 saturated heterocycles. The second-order valence-corrected chi connectivity index (χ2v) is 6.45. The van der Waals surface area contributed by atoms with Crippen molar-refractivity contribution >= 4 is 11.7 Å². The lowest BCUT2D eigenvalue weighted by Crippen LogP contribution is -2.21. The molecule has 31 heavy (non-hydrogen) atoms. The number of hydrogen-bond acceptors (Lipinski definition) is 8. The maximum absolute atomic E-state index is 11.9. The molecule has 0 bridgehead atoms. The number of carbonyl (C=O) groups excluding carboxylic acids is 1. The van der Waals surface area contributed by atoms with E-state index in [2.05, 4.69) is 15.1 Å². The quantitative estimate of drug-likeness (QED) is 0.231. The Morgan fingerprint density at radius 2 is 1.42 bits per heavy atom. The van der Waals surface area contributed by atoms with Gasteiger partial charge in [0, 0.05) is 0 Å². The van der Waals surface area contributed by atoms with Crippen molar-refractivity contribution in [2.75, 3.05) is 6.61 Å². The highest BCUT2D eigenvalue weighted by molar-refractivity contribution is 6.36. The molecule has 1 heterocycles. The largest absolute Gasteiger partial charge is 0.473 e. The first-order valence-electron chi connectivity index (χ1n) is 9.77. The monoisotopic (exact) mass is 421 g/mol. The molecule has 0 amide bonds. The number of oxime groups is 1. The van der Waals surface area contributed by atoms with E-state index in [0.29, 0.717) is 13.2 Å². The van der Waals surface area contributed by atoms with Crippen LogP contribution >= 0.6 is 0 Å². The molecule has 1 aromatic heterocycles. The molecule has 3 rings (SSSR count). The van der Waals surface area contributed by atoms with Gasteiger partial charge in [0.2, 0.25) is 11.8 Å². The third-order valence-electron chi connectivity index (χ3n) is 4.14. The molecule has 0 radical (unpaired) electrons. The van der Waals surface area contributed by atoms with Crippen LogP contribution < -0.4 is 9.47 Å². The molecule has 0 fully saturated rings. The van der Waals surface area contributed by atoms with Crippen LogP contribution in [-0.2, 0) is 29.2 Å². The summed E-state index contributed by atoms with van der Waals surface area (Å²) in [7, 11) is 0. The number of hydrogen-bond donors (Lipinski definition) is 1. The molecule has 0 aliphatic rings. The second kappa shape index (κ2) is 11.3. The summed E-state index contributed by atoms with van der Waals surface area (Å²) in [6, 6.07) is 20.8. The Morgan fingerprint density at radius 3 is 1.87 bits per heavy atom. The van der Waals surface area contributed by atoms with E-state index in [4.69, 9.17) is 14.2 Å². The van der Waals surface area contributed by atoms with E-state index in [0.717, 1.165) is 11.1 Å². The van der Waals surface area contributed by atoms with Gasteiger partial charge in [-0.25, -0.2) is 4.79 Å². The van der Waals surface area contributed by atoms with Gasteiger partial charge in [-0.1, -0.05) is 65.8 Å². The molecular formula is C23H23N3O5. The molecule has 3 aromatic rings. The highest BCUT2D eigenvalue weighted by Gasteiger charge is 2.18. The van der Waals surface area contributed by atoms with Crippen LogP contribution in [0, 0.1) is 0 Å². The maximum atomic E-state index is 11.9. The van der Waals surface area contributed by atoms with Crippen molar-refractivity contribution in [1.82, 2.24) is 9.97 Å². The number of carbonyl (C=O) groups is 1. The van der Waals surface area contributed by atoms with Crippen LogP contribution in [-0.4, -0.2) is 33.5 Å². The Labute approximate surface area is 180 Å². The summed E-state index contributed by atoms with van der Waals surface area (Å²) < 4.78 is 16.5. The lowest BCUT2D eigenvalue weighted by atomic mass is 10.2. The number of benzene rings is 2. The van der Waals surface area contributed by atoms with Gasteiger partial charge in [-0.2, -0.15) is 9.97 Å². The number of ether oxygens (including phenoxy) is 3. The predicted molar refractivity (Wildman–Crippen MR) is 113 cm³/mol. The van der Waals surface area contributed by atoms with Crippen molar-refractivity contribution < 1.29 is 24.2 Å². The van der Waals surface area contributed by atoms with E-state index in [9.17, 15) is 10.0 Å². The topological polar surface area (TPSA) is 103 Å². The standard InChI is InChI=1S/C23H23N3O5/c1-2-29-23(27)19(26-28)13-20-24-21(30-15-17-9-5-3-6-10-17)14-22(25-20)31-16-18-11-7-4-8-12-18/h3-12,14,28H,2,13,15-16H2,1H3/b26-19+. The van der Waals surface area contributed by atoms with Crippen molar-refractivity contribution in [3.05, 3.63) is 83.7 Å². The number of esters is 1. The predicted octanol–water partition coefficient (Wildman–Crippen LogP) is 3.57. The summed E-state index contributed by atoms with van der Waals surface area (Å²) in [4.78, 5) is 20.6. The average Bonchev–Trinajstić information content (AvgIpc) is 2.81. The molecule has 2 aromatic carbocycles. The first-order chi connectivity index (χ1) is 15.2. The fraction of sp³-hybridized carbons (Fsp3) is 0.217. The fourth-order valence-corrected chi connectivity index (χ4v) is 2.65. The van der Waals surface area contributed by atoms with Crippen molar-refractivity contribution in [3.63, 3.8) is 0 Å². The van der Waals surface area contributed by atoms with E-state index < -0.39 is 5.97 Å². The smallest absolute Gasteiger partial charge is 0.356 e. The lowest BCUT2D eigenvalue weighted by Gasteiger charge is -2.11. The number of rotatable bonds is 10. The zero-order valence-electron chi connectivity index (χ0n) is 17.1. The first-order valence-corrected chi connectivity index (χ1v) is 9.77. The van der Waals surface area contributed by atoms with Crippen LogP contribution in [0.25, 0.3) is 0 Å². The SMILES string of the molecule is CCOC(=O)/C(Cc1nc(OCc2ccccc2)cc(OCc2ccccc2)n1)=N/O. The molecule has 0 unspecified atom stereocenters. The van der Waals surface area contributed by atoms with Crippen LogP contribution in [0.3, 0.4) is 0 Å². The molecule has 8 heteroatoms. The zero-order valence-corrected chi connectivity index (χ0v) is 17.1. The normalized spacial score (nSPS) is 11.1. The Hall–Kier alpha value is -3.94. The van der Waals surface area contributed by atoms with Gasteiger partial charge in [0.15, 0.2) is 5.71 Å². The van der Waals surface area contributed by atoms with Crippen molar-refractivity contribution in [2.45, 2.75) is 26.6 Å². The fourth-order valence-electron chi connectivity index (χ4n) is 2.65.